The first-order chi connectivity index (χ1) is 14.9. The fourth-order valence-corrected chi connectivity index (χ4v) is 3.30. The third-order valence-corrected chi connectivity index (χ3v) is 5.47. The average Bonchev–Trinajstić information content (AvgIpc) is 2.77. The highest BCUT2D eigenvalue weighted by Gasteiger charge is 2.26. The van der Waals surface area contributed by atoms with E-state index in [0.717, 1.165) is 29.7 Å². The summed E-state index contributed by atoms with van der Waals surface area (Å²) in [5.74, 6) is 0.547. The van der Waals surface area contributed by atoms with Gasteiger partial charge < -0.3 is 15.0 Å². The molecule has 0 aliphatic heterocycles. The number of nitrogens with one attached hydrogen (secondary N) is 1. The normalized spacial score (nSPS) is 11.6. The number of unbranched alkanes of at least 4 members (excludes halogenated alkanes) is 1. The van der Waals surface area contributed by atoms with Gasteiger partial charge in [-0.1, -0.05) is 49.2 Å². The number of rotatable bonds is 12. The van der Waals surface area contributed by atoms with Gasteiger partial charge in [-0.05, 0) is 62.1 Å². The number of hydrogen-bond acceptors (Lipinski definition) is 3. The van der Waals surface area contributed by atoms with Crippen LogP contribution in [-0.4, -0.2) is 35.9 Å². The number of carbonyl (C=O) groups excluding carboxylic acids is 2. The second kappa shape index (κ2) is 13.0. The van der Waals surface area contributed by atoms with Gasteiger partial charge in [0.2, 0.25) is 11.8 Å². The van der Waals surface area contributed by atoms with Crippen LogP contribution in [0.25, 0.3) is 0 Å². The van der Waals surface area contributed by atoms with Crippen LogP contribution in [0.15, 0.2) is 48.5 Å². The lowest BCUT2D eigenvalue weighted by atomic mass is 10.1. The molecule has 0 radical (unpaired) electrons. The molecule has 0 fully saturated rings. The molecule has 6 heteroatoms. The Labute approximate surface area is 190 Å². The van der Waals surface area contributed by atoms with E-state index >= 15 is 0 Å². The third kappa shape index (κ3) is 8.25. The maximum atomic E-state index is 13.1. The van der Waals surface area contributed by atoms with Crippen molar-refractivity contribution in [3.63, 3.8) is 0 Å². The van der Waals surface area contributed by atoms with Gasteiger partial charge in [0.05, 0.1) is 6.61 Å². The molecule has 1 atom stereocenters. The summed E-state index contributed by atoms with van der Waals surface area (Å²) in [7, 11) is 0. The molecule has 0 spiro atoms. The first-order valence-electron chi connectivity index (χ1n) is 10.9. The molecule has 0 saturated carbocycles. The van der Waals surface area contributed by atoms with E-state index in [1.807, 2.05) is 31.2 Å². The largest absolute Gasteiger partial charge is 0.494 e. The third-order valence-electron chi connectivity index (χ3n) is 5.22. The predicted octanol–water partition coefficient (Wildman–Crippen LogP) is 5.14. The quantitative estimate of drug-likeness (QED) is 0.461. The second-order valence-corrected chi connectivity index (χ2v) is 8.11. The van der Waals surface area contributed by atoms with Crippen LogP contribution in [0.1, 0.15) is 50.7 Å². The number of nitrogens with zero attached hydrogens (tertiary/aromatic N) is 1. The van der Waals surface area contributed by atoms with Gasteiger partial charge in [-0.25, -0.2) is 0 Å². The van der Waals surface area contributed by atoms with Gasteiger partial charge in [0, 0.05) is 24.5 Å². The van der Waals surface area contributed by atoms with Crippen molar-refractivity contribution in [1.29, 1.82) is 0 Å². The topological polar surface area (TPSA) is 58.6 Å². The van der Waals surface area contributed by atoms with Gasteiger partial charge in [0.1, 0.15) is 11.8 Å². The van der Waals surface area contributed by atoms with Crippen molar-refractivity contribution in [2.75, 3.05) is 13.2 Å². The van der Waals surface area contributed by atoms with Crippen LogP contribution in [-0.2, 0) is 16.1 Å². The SMILES string of the molecule is CCCCNC(=O)C(C)N(Cc1ccccc1C)C(=O)CCCOc1ccc(Cl)cc1. The minimum absolute atomic E-state index is 0.0545. The van der Waals surface area contributed by atoms with E-state index in [9.17, 15) is 9.59 Å². The molecule has 2 rings (SSSR count). The second-order valence-electron chi connectivity index (χ2n) is 7.67. The molecule has 0 aliphatic carbocycles. The Kier molecular flexibility index (Phi) is 10.4. The van der Waals surface area contributed by atoms with Crippen LogP contribution in [0.4, 0.5) is 0 Å². The van der Waals surface area contributed by atoms with Gasteiger partial charge >= 0.3 is 0 Å². The minimum atomic E-state index is -0.541. The standard InChI is InChI=1S/C25H33ClN2O3/c1-4-5-16-27-25(30)20(3)28(18-21-10-7-6-9-19(21)2)24(29)11-8-17-31-23-14-12-22(26)13-15-23/h6-7,9-10,12-15,20H,4-5,8,11,16-18H2,1-3H3,(H,27,30). The van der Waals surface area contributed by atoms with E-state index in [2.05, 4.69) is 12.2 Å². The molecular weight excluding hydrogens is 412 g/mol. The molecule has 2 aromatic carbocycles. The van der Waals surface area contributed by atoms with Crippen LogP contribution in [0, 0.1) is 6.92 Å². The van der Waals surface area contributed by atoms with Gasteiger partial charge in [0.25, 0.3) is 0 Å². The summed E-state index contributed by atoms with van der Waals surface area (Å²) in [4.78, 5) is 27.4. The Balaban J connectivity index is 1.98. The van der Waals surface area contributed by atoms with Crippen molar-refractivity contribution in [2.45, 2.75) is 59.0 Å². The Hall–Kier alpha value is -2.53. The maximum Gasteiger partial charge on any atom is 0.242 e. The Bertz CT molecular complexity index is 839. The van der Waals surface area contributed by atoms with E-state index in [1.54, 1.807) is 36.1 Å². The molecule has 31 heavy (non-hydrogen) atoms. The smallest absolute Gasteiger partial charge is 0.242 e. The summed E-state index contributed by atoms with van der Waals surface area (Å²) < 4.78 is 5.69. The number of halogens is 1. The molecule has 0 bridgehead atoms. The Morgan fingerprint density at radius 2 is 1.81 bits per heavy atom. The average molecular weight is 445 g/mol. The Morgan fingerprint density at radius 3 is 2.48 bits per heavy atom. The summed E-state index contributed by atoms with van der Waals surface area (Å²) >= 11 is 5.88. The van der Waals surface area contributed by atoms with Crippen molar-refractivity contribution in [2.24, 2.45) is 0 Å². The number of amides is 2. The van der Waals surface area contributed by atoms with Gasteiger partial charge in [-0.2, -0.15) is 0 Å². The lowest BCUT2D eigenvalue weighted by Crippen LogP contribution is -2.47. The summed E-state index contributed by atoms with van der Waals surface area (Å²) in [6, 6.07) is 14.5. The zero-order chi connectivity index (χ0) is 22.6. The van der Waals surface area contributed by atoms with Crippen LogP contribution < -0.4 is 10.1 Å². The number of ether oxygens (including phenoxy) is 1. The first kappa shape index (κ1) is 24.7. The molecule has 5 nitrogen and oxygen atoms in total. The fourth-order valence-electron chi connectivity index (χ4n) is 3.18. The van der Waals surface area contributed by atoms with E-state index in [4.69, 9.17) is 16.3 Å². The lowest BCUT2D eigenvalue weighted by Gasteiger charge is -2.29. The highest BCUT2D eigenvalue weighted by atomic mass is 35.5. The monoisotopic (exact) mass is 444 g/mol. The van der Waals surface area contributed by atoms with Crippen LogP contribution >= 0.6 is 11.6 Å². The zero-order valence-electron chi connectivity index (χ0n) is 18.7. The van der Waals surface area contributed by atoms with Crippen LogP contribution in [0.5, 0.6) is 5.75 Å². The molecule has 0 saturated heterocycles. The highest BCUT2D eigenvalue weighted by Crippen LogP contribution is 2.17. The van der Waals surface area contributed by atoms with Gasteiger partial charge in [-0.15, -0.1) is 0 Å². The molecule has 2 amide bonds. The van der Waals surface area contributed by atoms with E-state index < -0.39 is 6.04 Å². The summed E-state index contributed by atoms with van der Waals surface area (Å²) in [6.45, 7) is 7.34. The predicted molar refractivity (Wildman–Crippen MR) is 125 cm³/mol. The van der Waals surface area contributed by atoms with Crippen LogP contribution in [0.2, 0.25) is 5.02 Å². The van der Waals surface area contributed by atoms with Crippen molar-refractivity contribution in [3.8, 4) is 5.75 Å². The zero-order valence-corrected chi connectivity index (χ0v) is 19.5. The number of hydrogen-bond donors (Lipinski definition) is 1. The highest BCUT2D eigenvalue weighted by molar-refractivity contribution is 6.30. The molecular formula is C25H33ClN2O3. The molecule has 2 aromatic rings. The van der Waals surface area contributed by atoms with Crippen molar-refractivity contribution in [1.82, 2.24) is 10.2 Å². The van der Waals surface area contributed by atoms with Crippen molar-refractivity contribution < 1.29 is 14.3 Å². The number of benzene rings is 2. The molecule has 1 unspecified atom stereocenters. The lowest BCUT2D eigenvalue weighted by molar-refractivity contribution is -0.140. The van der Waals surface area contributed by atoms with Gasteiger partial charge in [0.15, 0.2) is 0 Å². The van der Waals surface area contributed by atoms with E-state index in [-0.39, 0.29) is 11.8 Å². The number of aryl methyl sites for hydroxylation is 1. The summed E-state index contributed by atoms with van der Waals surface area (Å²) in [6.07, 6.45) is 2.81. The molecule has 0 heterocycles. The minimum Gasteiger partial charge on any atom is -0.494 e. The molecule has 1 N–H and O–H groups in total. The molecule has 168 valence electrons. The first-order valence-corrected chi connectivity index (χ1v) is 11.3. The number of carbonyl (C=O) groups is 2. The molecule has 0 aliphatic rings. The van der Waals surface area contributed by atoms with Crippen LogP contribution in [0.3, 0.4) is 0 Å². The van der Waals surface area contributed by atoms with Gasteiger partial charge in [-0.3, -0.25) is 9.59 Å². The van der Waals surface area contributed by atoms with E-state index in [0.29, 0.717) is 37.6 Å². The maximum absolute atomic E-state index is 13.1. The van der Waals surface area contributed by atoms with E-state index in [1.165, 1.54) is 0 Å². The molecule has 0 aromatic heterocycles. The fraction of sp³-hybridized carbons (Fsp3) is 0.440. The summed E-state index contributed by atoms with van der Waals surface area (Å²) in [5.41, 5.74) is 2.14. The van der Waals surface area contributed by atoms with Crippen molar-refractivity contribution >= 4 is 23.4 Å². The summed E-state index contributed by atoms with van der Waals surface area (Å²) in [5, 5.41) is 3.60. The Morgan fingerprint density at radius 1 is 1.10 bits per heavy atom. The van der Waals surface area contributed by atoms with Crippen molar-refractivity contribution in [3.05, 3.63) is 64.7 Å².